The Hall–Kier alpha value is -0.410. The fourth-order valence-electron chi connectivity index (χ4n) is 1.96. The van der Waals surface area contributed by atoms with Crippen molar-refractivity contribution < 1.29 is 0 Å². The molecule has 0 aliphatic carbocycles. The minimum Gasteiger partial charge on any atom is -0.317 e. The van der Waals surface area contributed by atoms with Gasteiger partial charge in [-0.1, -0.05) is 41.5 Å². The van der Waals surface area contributed by atoms with Crippen LogP contribution in [0.25, 0.3) is 0 Å². The average molecular weight is 282 g/mol. The summed E-state index contributed by atoms with van der Waals surface area (Å²) in [7, 11) is 0. The molecule has 0 saturated heterocycles. The van der Waals surface area contributed by atoms with Crippen LogP contribution < -0.4 is 5.32 Å². The molecule has 1 aromatic rings. The number of hydrogen-bond donors (Lipinski definition) is 1. The number of aromatic nitrogens is 1. The van der Waals surface area contributed by atoms with Crippen molar-refractivity contribution in [2.45, 2.75) is 66.2 Å². The lowest BCUT2D eigenvalue weighted by Crippen LogP contribution is -2.24. The van der Waals surface area contributed by atoms with Crippen LogP contribution in [0.1, 0.15) is 65.1 Å². The monoisotopic (exact) mass is 282 g/mol. The summed E-state index contributed by atoms with van der Waals surface area (Å²) in [5.41, 5.74) is 1.72. The molecule has 0 aliphatic rings. The zero-order chi connectivity index (χ0) is 14.5. The van der Waals surface area contributed by atoms with Gasteiger partial charge in [0.05, 0.1) is 10.7 Å². The van der Waals surface area contributed by atoms with E-state index in [1.165, 1.54) is 23.5 Å². The molecule has 0 saturated carbocycles. The summed E-state index contributed by atoms with van der Waals surface area (Å²) in [5.74, 6) is 0. The van der Waals surface area contributed by atoms with Gasteiger partial charge in [-0.3, -0.25) is 0 Å². The fraction of sp³-hybridized carbons (Fsp3) is 0.812. The predicted molar refractivity (Wildman–Crippen MR) is 86.1 cm³/mol. The SMILES string of the molecule is CCCNCCC(C)(C)Cc1nc(C(C)(C)C)cs1. The molecule has 19 heavy (non-hydrogen) atoms. The maximum Gasteiger partial charge on any atom is 0.0933 e. The van der Waals surface area contributed by atoms with E-state index in [-0.39, 0.29) is 5.41 Å². The number of thiazole rings is 1. The van der Waals surface area contributed by atoms with E-state index in [0.29, 0.717) is 5.41 Å². The Bertz CT molecular complexity index is 374. The highest BCUT2D eigenvalue weighted by Gasteiger charge is 2.22. The van der Waals surface area contributed by atoms with Crippen LogP contribution in [0, 0.1) is 5.41 Å². The van der Waals surface area contributed by atoms with Gasteiger partial charge in [0.25, 0.3) is 0 Å². The molecule has 1 heterocycles. The molecule has 0 fully saturated rings. The first-order valence-corrected chi connectivity index (χ1v) is 8.28. The molecule has 0 amide bonds. The highest BCUT2D eigenvalue weighted by Crippen LogP contribution is 2.30. The molecule has 0 spiro atoms. The van der Waals surface area contributed by atoms with Gasteiger partial charge >= 0.3 is 0 Å². The van der Waals surface area contributed by atoms with Gasteiger partial charge in [0.1, 0.15) is 0 Å². The van der Waals surface area contributed by atoms with Crippen molar-refractivity contribution in [2.24, 2.45) is 5.41 Å². The fourth-order valence-corrected chi connectivity index (χ4v) is 3.24. The van der Waals surface area contributed by atoms with E-state index >= 15 is 0 Å². The van der Waals surface area contributed by atoms with Gasteiger partial charge in [0, 0.05) is 17.2 Å². The standard InChI is InChI=1S/C16H30N2S/c1-7-9-17-10-8-16(5,6)11-14-18-13(12-19-14)15(2,3)4/h12,17H,7-11H2,1-6H3. The van der Waals surface area contributed by atoms with Crippen LogP contribution in [0.4, 0.5) is 0 Å². The number of nitrogens with one attached hydrogen (secondary N) is 1. The summed E-state index contributed by atoms with van der Waals surface area (Å²) < 4.78 is 0. The first kappa shape index (κ1) is 16.6. The van der Waals surface area contributed by atoms with Crippen LogP contribution >= 0.6 is 11.3 Å². The lowest BCUT2D eigenvalue weighted by Gasteiger charge is -2.23. The molecular formula is C16H30N2S. The Labute approximate surface area is 123 Å². The van der Waals surface area contributed by atoms with E-state index in [0.717, 1.165) is 19.5 Å². The zero-order valence-electron chi connectivity index (χ0n) is 13.5. The first-order chi connectivity index (χ1) is 8.74. The van der Waals surface area contributed by atoms with Crippen LogP contribution in [0.5, 0.6) is 0 Å². The Morgan fingerprint density at radius 2 is 1.84 bits per heavy atom. The van der Waals surface area contributed by atoms with Gasteiger partial charge in [0.15, 0.2) is 0 Å². The van der Waals surface area contributed by atoms with Crippen molar-refractivity contribution >= 4 is 11.3 Å². The summed E-state index contributed by atoms with van der Waals surface area (Å²) in [6.45, 7) is 15.8. The number of hydrogen-bond acceptors (Lipinski definition) is 3. The van der Waals surface area contributed by atoms with Crippen molar-refractivity contribution in [3.05, 3.63) is 16.1 Å². The van der Waals surface area contributed by atoms with E-state index in [4.69, 9.17) is 4.98 Å². The molecular weight excluding hydrogens is 252 g/mol. The Kier molecular flexibility index (Phi) is 6.00. The Morgan fingerprint density at radius 3 is 2.37 bits per heavy atom. The average Bonchev–Trinajstić information content (AvgIpc) is 2.72. The van der Waals surface area contributed by atoms with Crippen LogP contribution in [-0.4, -0.2) is 18.1 Å². The maximum atomic E-state index is 4.81. The van der Waals surface area contributed by atoms with E-state index in [2.05, 4.69) is 52.2 Å². The molecule has 1 aromatic heterocycles. The zero-order valence-corrected chi connectivity index (χ0v) is 14.3. The third-order valence-electron chi connectivity index (χ3n) is 3.36. The second-order valence-corrected chi connectivity index (χ2v) is 8.16. The molecule has 0 unspecified atom stereocenters. The van der Waals surface area contributed by atoms with Gasteiger partial charge in [-0.2, -0.15) is 0 Å². The summed E-state index contributed by atoms with van der Waals surface area (Å²) in [6.07, 6.45) is 3.50. The van der Waals surface area contributed by atoms with Crippen LogP contribution in [-0.2, 0) is 11.8 Å². The molecule has 1 N–H and O–H groups in total. The molecule has 0 radical (unpaired) electrons. The third-order valence-corrected chi connectivity index (χ3v) is 4.20. The van der Waals surface area contributed by atoms with E-state index < -0.39 is 0 Å². The first-order valence-electron chi connectivity index (χ1n) is 7.40. The summed E-state index contributed by atoms with van der Waals surface area (Å²) in [5, 5.41) is 7.00. The molecule has 0 aliphatic heterocycles. The van der Waals surface area contributed by atoms with Crippen molar-refractivity contribution in [2.75, 3.05) is 13.1 Å². The lowest BCUT2D eigenvalue weighted by atomic mass is 9.86. The topological polar surface area (TPSA) is 24.9 Å². The van der Waals surface area contributed by atoms with Crippen molar-refractivity contribution in [1.82, 2.24) is 10.3 Å². The van der Waals surface area contributed by atoms with Gasteiger partial charge in [-0.15, -0.1) is 11.3 Å². The second-order valence-electron chi connectivity index (χ2n) is 7.22. The van der Waals surface area contributed by atoms with Crippen molar-refractivity contribution in [3.8, 4) is 0 Å². The highest BCUT2D eigenvalue weighted by molar-refractivity contribution is 7.09. The van der Waals surface area contributed by atoms with E-state index in [1.54, 1.807) is 0 Å². The van der Waals surface area contributed by atoms with E-state index in [1.807, 2.05) is 11.3 Å². The predicted octanol–water partition coefficient (Wildman–Crippen LogP) is 4.40. The van der Waals surface area contributed by atoms with Crippen molar-refractivity contribution in [1.29, 1.82) is 0 Å². The van der Waals surface area contributed by atoms with Gasteiger partial charge < -0.3 is 5.32 Å². The van der Waals surface area contributed by atoms with Gasteiger partial charge in [0.2, 0.25) is 0 Å². The molecule has 2 nitrogen and oxygen atoms in total. The molecule has 1 rings (SSSR count). The summed E-state index contributed by atoms with van der Waals surface area (Å²) >= 11 is 1.82. The van der Waals surface area contributed by atoms with Crippen LogP contribution in [0.3, 0.4) is 0 Å². The quantitative estimate of drug-likeness (QED) is 0.750. The minimum absolute atomic E-state index is 0.168. The molecule has 0 aromatic carbocycles. The maximum absolute atomic E-state index is 4.81. The second kappa shape index (κ2) is 6.85. The third kappa shape index (κ3) is 6.05. The number of rotatable bonds is 7. The van der Waals surface area contributed by atoms with E-state index in [9.17, 15) is 0 Å². The van der Waals surface area contributed by atoms with Crippen LogP contribution in [0.15, 0.2) is 5.38 Å². The Balaban J connectivity index is 2.50. The van der Waals surface area contributed by atoms with Gasteiger partial charge in [-0.25, -0.2) is 4.98 Å². The normalized spacial score (nSPS) is 12.9. The number of nitrogens with zero attached hydrogens (tertiary/aromatic N) is 1. The molecule has 0 atom stereocenters. The largest absolute Gasteiger partial charge is 0.317 e. The summed E-state index contributed by atoms with van der Waals surface area (Å²) in [6, 6.07) is 0. The molecule has 3 heteroatoms. The van der Waals surface area contributed by atoms with Crippen molar-refractivity contribution in [3.63, 3.8) is 0 Å². The minimum atomic E-state index is 0.168. The summed E-state index contributed by atoms with van der Waals surface area (Å²) in [4.78, 5) is 4.81. The Morgan fingerprint density at radius 1 is 1.16 bits per heavy atom. The smallest absolute Gasteiger partial charge is 0.0933 e. The molecule has 0 bridgehead atoms. The van der Waals surface area contributed by atoms with Gasteiger partial charge in [-0.05, 0) is 31.3 Å². The van der Waals surface area contributed by atoms with Crippen LogP contribution in [0.2, 0.25) is 0 Å². The highest BCUT2D eigenvalue weighted by atomic mass is 32.1. The lowest BCUT2D eigenvalue weighted by molar-refractivity contribution is 0.325. The molecule has 110 valence electrons.